The second-order valence-electron chi connectivity index (χ2n) is 8.74. The lowest BCUT2D eigenvalue weighted by Gasteiger charge is -2.36. The highest BCUT2D eigenvalue weighted by Crippen LogP contribution is 2.55. The molecule has 2 bridgehead atoms. The van der Waals surface area contributed by atoms with Gasteiger partial charge in [0.05, 0.1) is 30.7 Å². The van der Waals surface area contributed by atoms with E-state index >= 15 is 0 Å². The zero-order valence-corrected chi connectivity index (χ0v) is 15.2. The van der Waals surface area contributed by atoms with E-state index in [0.717, 1.165) is 11.1 Å². The largest absolute Gasteiger partial charge is 0.359 e. The maximum atomic E-state index is 13.4. The standard InChI is InChI=1S/C21H23NO4/c1-21(2,3)19(24)17-14-13-10-25-20(26-13)18(23)15(14)16-12-7-5-4-6-11(12)8-9-22(16)17/h4-9,13-17,20H,10H2,1-3H3/t13-,14-,15+,16+,17+,20+/m0/s1. The third kappa shape index (κ3) is 2.04. The van der Waals surface area contributed by atoms with E-state index in [1.165, 1.54) is 0 Å². The molecule has 6 atom stereocenters. The highest BCUT2D eigenvalue weighted by molar-refractivity contribution is 5.94. The Morgan fingerprint density at radius 2 is 2.00 bits per heavy atom. The molecule has 26 heavy (non-hydrogen) atoms. The van der Waals surface area contributed by atoms with E-state index in [-0.39, 0.29) is 41.6 Å². The van der Waals surface area contributed by atoms with E-state index in [0.29, 0.717) is 6.61 Å². The Labute approximate surface area is 153 Å². The molecule has 5 heteroatoms. The maximum Gasteiger partial charge on any atom is 0.218 e. The third-order valence-corrected chi connectivity index (χ3v) is 6.21. The Hall–Kier alpha value is -1.98. The van der Waals surface area contributed by atoms with E-state index in [4.69, 9.17) is 9.47 Å². The van der Waals surface area contributed by atoms with Gasteiger partial charge in [0.1, 0.15) is 0 Å². The first kappa shape index (κ1) is 16.2. The Morgan fingerprint density at radius 1 is 1.23 bits per heavy atom. The normalized spacial score (nSPS) is 37.3. The molecule has 0 unspecified atom stereocenters. The summed E-state index contributed by atoms with van der Waals surface area (Å²) in [5.41, 5.74) is 1.74. The van der Waals surface area contributed by atoms with Gasteiger partial charge in [0.15, 0.2) is 11.6 Å². The second-order valence-corrected chi connectivity index (χ2v) is 8.74. The molecular weight excluding hydrogens is 330 g/mol. The SMILES string of the molecule is CC(C)(C)C(=O)[C@H]1[C@@H]2[C@@H](C(=O)[C@@H]3OC[C@@H]2O3)[C@H]2c3ccccc3C=CN21. The fourth-order valence-electron chi connectivity index (χ4n) is 5.06. The average molecular weight is 353 g/mol. The molecule has 136 valence electrons. The molecule has 0 aromatic heterocycles. The zero-order chi connectivity index (χ0) is 18.2. The number of hydrogen-bond acceptors (Lipinski definition) is 5. The zero-order valence-electron chi connectivity index (χ0n) is 15.2. The quantitative estimate of drug-likeness (QED) is 0.777. The van der Waals surface area contributed by atoms with Crippen LogP contribution in [-0.4, -0.2) is 41.5 Å². The number of ketones is 2. The molecule has 0 saturated carbocycles. The lowest BCUT2D eigenvalue weighted by Crippen LogP contribution is -2.50. The number of Topliss-reactive ketones (excluding diaryl/α,β-unsaturated/α-hetero) is 2. The third-order valence-electron chi connectivity index (χ3n) is 6.21. The highest BCUT2D eigenvalue weighted by Gasteiger charge is 2.64. The van der Waals surface area contributed by atoms with Crippen molar-refractivity contribution < 1.29 is 19.1 Å². The summed E-state index contributed by atoms with van der Waals surface area (Å²) in [5, 5.41) is 0. The Morgan fingerprint density at radius 3 is 2.77 bits per heavy atom. The minimum atomic E-state index is -0.773. The number of benzene rings is 1. The van der Waals surface area contributed by atoms with Crippen LogP contribution in [0, 0.1) is 17.3 Å². The van der Waals surface area contributed by atoms with Gasteiger partial charge in [-0.15, -0.1) is 0 Å². The fraction of sp³-hybridized carbons (Fsp3) is 0.524. The van der Waals surface area contributed by atoms with Crippen LogP contribution in [0.4, 0.5) is 0 Å². The highest BCUT2D eigenvalue weighted by atomic mass is 16.7. The monoisotopic (exact) mass is 353 g/mol. The first-order valence-corrected chi connectivity index (χ1v) is 9.27. The molecule has 1 aromatic carbocycles. The number of fused-ring (bicyclic) bond motifs is 8. The predicted octanol–water partition coefficient (Wildman–Crippen LogP) is 2.57. The molecule has 0 aliphatic carbocycles. The molecule has 0 spiro atoms. The molecule has 0 N–H and O–H groups in total. The number of hydrogen-bond donors (Lipinski definition) is 0. The van der Waals surface area contributed by atoms with Gasteiger partial charge in [-0.2, -0.15) is 0 Å². The van der Waals surface area contributed by atoms with Crippen molar-refractivity contribution in [1.82, 2.24) is 4.90 Å². The smallest absolute Gasteiger partial charge is 0.218 e. The summed E-state index contributed by atoms with van der Waals surface area (Å²) in [5.74, 6) is -0.314. The average Bonchev–Trinajstić information content (AvgIpc) is 3.19. The van der Waals surface area contributed by atoms with Crippen LogP contribution in [0.25, 0.3) is 6.08 Å². The molecular formula is C21H23NO4. The van der Waals surface area contributed by atoms with E-state index in [9.17, 15) is 9.59 Å². The van der Waals surface area contributed by atoms with Crippen molar-refractivity contribution in [2.24, 2.45) is 17.3 Å². The minimum Gasteiger partial charge on any atom is -0.359 e. The lowest BCUT2D eigenvalue weighted by atomic mass is 9.73. The van der Waals surface area contributed by atoms with Gasteiger partial charge in [0.25, 0.3) is 0 Å². The second kappa shape index (κ2) is 5.27. The van der Waals surface area contributed by atoms with Crippen LogP contribution < -0.4 is 0 Å². The number of ether oxygens (including phenoxy) is 2. The summed E-state index contributed by atoms with van der Waals surface area (Å²) >= 11 is 0. The molecule has 3 fully saturated rings. The van der Waals surface area contributed by atoms with Gasteiger partial charge in [-0.3, -0.25) is 9.59 Å². The van der Waals surface area contributed by atoms with Gasteiger partial charge in [-0.05, 0) is 17.2 Å². The Bertz CT molecular complexity index is 824. The molecule has 0 radical (unpaired) electrons. The van der Waals surface area contributed by atoms with E-state index in [1.807, 2.05) is 45.2 Å². The maximum absolute atomic E-state index is 13.4. The Balaban J connectivity index is 1.68. The van der Waals surface area contributed by atoms with E-state index < -0.39 is 11.7 Å². The predicted molar refractivity (Wildman–Crippen MR) is 94.9 cm³/mol. The first-order valence-electron chi connectivity index (χ1n) is 9.27. The van der Waals surface area contributed by atoms with Crippen molar-refractivity contribution in [3.05, 3.63) is 41.6 Å². The van der Waals surface area contributed by atoms with Gasteiger partial charge < -0.3 is 14.4 Å². The van der Waals surface area contributed by atoms with Crippen LogP contribution in [0.5, 0.6) is 0 Å². The van der Waals surface area contributed by atoms with Crippen molar-refractivity contribution in [2.45, 2.75) is 45.2 Å². The van der Waals surface area contributed by atoms with Crippen molar-refractivity contribution in [3.63, 3.8) is 0 Å². The molecule has 5 rings (SSSR count). The van der Waals surface area contributed by atoms with Crippen molar-refractivity contribution in [3.8, 4) is 0 Å². The number of carbonyl (C=O) groups is 2. The number of rotatable bonds is 1. The van der Waals surface area contributed by atoms with Gasteiger partial charge in [0.2, 0.25) is 6.29 Å². The van der Waals surface area contributed by atoms with Gasteiger partial charge in [-0.1, -0.05) is 45.0 Å². The van der Waals surface area contributed by atoms with Gasteiger partial charge in [-0.25, -0.2) is 0 Å². The van der Waals surface area contributed by atoms with E-state index in [1.54, 1.807) is 0 Å². The summed E-state index contributed by atoms with van der Waals surface area (Å²) in [7, 11) is 0. The summed E-state index contributed by atoms with van der Waals surface area (Å²) < 4.78 is 11.4. The number of carbonyl (C=O) groups excluding carboxylic acids is 2. The number of nitrogens with zero attached hydrogens (tertiary/aromatic N) is 1. The van der Waals surface area contributed by atoms with Crippen LogP contribution >= 0.6 is 0 Å². The van der Waals surface area contributed by atoms with Crippen molar-refractivity contribution >= 4 is 17.6 Å². The molecule has 4 aliphatic heterocycles. The van der Waals surface area contributed by atoms with Crippen LogP contribution in [0.3, 0.4) is 0 Å². The van der Waals surface area contributed by atoms with Crippen LogP contribution in [-0.2, 0) is 19.1 Å². The first-order chi connectivity index (χ1) is 12.4. The van der Waals surface area contributed by atoms with Crippen molar-refractivity contribution in [1.29, 1.82) is 0 Å². The molecule has 0 amide bonds. The summed E-state index contributed by atoms with van der Waals surface area (Å²) in [6.07, 6.45) is 3.07. The molecule has 1 aromatic rings. The molecule has 4 aliphatic rings. The Kier molecular flexibility index (Phi) is 3.29. The molecule has 5 nitrogen and oxygen atoms in total. The minimum absolute atomic E-state index is 0.0203. The molecule has 4 heterocycles. The summed E-state index contributed by atoms with van der Waals surface area (Å²) in [6, 6.07) is 7.64. The van der Waals surface area contributed by atoms with Crippen molar-refractivity contribution in [2.75, 3.05) is 6.61 Å². The topological polar surface area (TPSA) is 55.8 Å². The van der Waals surface area contributed by atoms with Crippen LogP contribution in [0.2, 0.25) is 0 Å². The van der Waals surface area contributed by atoms with Crippen LogP contribution in [0.15, 0.2) is 30.5 Å². The molecule has 3 saturated heterocycles. The summed E-state index contributed by atoms with van der Waals surface area (Å²) in [4.78, 5) is 28.6. The van der Waals surface area contributed by atoms with Gasteiger partial charge >= 0.3 is 0 Å². The lowest BCUT2D eigenvalue weighted by molar-refractivity contribution is -0.165. The van der Waals surface area contributed by atoms with Crippen LogP contribution in [0.1, 0.15) is 37.9 Å². The fourth-order valence-corrected chi connectivity index (χ4v) is 5.06. The summed E-state index contributed by atoms with van der Waals surface area (Å²) in [6.45, 7) is 6.22. The van der Waals surface area contributed by atoms with Gasteiger partial charge in [0, 0.05) is 17.5 Å². The van der Waals surface area contributed by atoms with E-state index in [2.05, 4.69) is 17.0 Å².